The van der Waals surface area contributed by atoms with E-state index in [1.54, 1.807) is 12.4 Å². The van der Waals surface area contributed by atoms with Gasteiger partial charge in [0.05, 0.1) is 12.0 Å². The summed E-state index contributed by atoms with van der Waals surface area (Å²) in [6, 6.07) is -0.111. The van der Waals surface area contributed by atoms with Crippen LogP contribution in [0.25, 0.3) is 0 Å². The second-order valence-electron chi connectivity index (χ2n) is 6.09. The number of nitrogens with one attached hydrogen (secondary N) is 2. The van der Waals surface area contributed by atoms with Crippen LogP contribution in [-0.4, -0.2) is 39.8 Å². The maximum absolute atomic E-state index is 12.4. The molecule has 2 atom stereocenters. The number of imidazole rings is 1. The third-order valence-electron chi connectivity index (χ3n) is 4.33. The van der Waals surface area contributed by atoms with Gasteiger partial charge in [-0.05, 0) is 25.2 Å². The quantitative estimate of drug-likeness (QED) is 0.827. The lowest BCUT2D eigenvalue weighted by molar-refractivity contribution is -0.129. The zero-order valence-electron chi connectivity index (χ0n) is 12.3. The Balaban J connectivity index is 1.56. The third-order valence-corrected chi connectivity index (χ3v) is 4.33. The SMILES string of the molecule is CCC(NC(=O)C1CC(=O)N(CC2CC2)C1)c1ncc[nH]1. The van der Waals surface area contributed by atoms with Crippen molar-refractivity contribution in [3.05, 3.63) is 18.2 Å². The molecule has 1 saturated carbocycles. The van der Waals surface area contributed by atoms with Gasteiger partial charge in [-0.25, -0.2) is 4.98 Å². The molecule has 2 aliphatic rings. The van der Waals surface area contributed by atoms with Gasteiger partial charge in [-0.2, -0.15) is 0 Å². The largest absolute Gasteiger partial charge is 0.347 e. The summed E-state index contributed by atoms with van der Waals surface area (Å²) in [5.74, 6) is 1.30. The topological polar surface area (TPSA) is 78.1 Å². The van der Waals surface area contributed by atoms with Crippen LogP contribution >= 0.6 is 0 Å². The first kappa shape index (κ1) is 14.1. The first-order valence-electron chi connectivity index (χ1n) is 7.74. The Morgan fingerprint density at radius 3 is 3.00 bits per heavy atom. The molecule has 1 aromatic rings. The minimum atomic E-state index is -0.222. The zero-order valence-corrected chi connectivity index (χ0v) is 12.3. The van der Waals surface area contributed by atoms with Crippen molar-refractivity contribution in [3.63, 3.8) is 0 Å². The molecule has 0 bridgehead atoms. The minimum absolute atomic E-state index is 0.0371. The zero-order chi connectivity index (χ0) is 14.8. The Hall–Kier alpha value is -1.85. The van der Waals surface area contributed by atoms with Crippen LogP contribution in [0.3, 0.4) is 0 Å². The summed E-state index contributed by atoms with van der Waals surface area (Å²) in [5.41, 5.74) is 0. The first-order chi connectivity index (χ1) is 10.2. The van der Waals surface area contributed by atoms with Gasteiger partial charge >= 0.3 is 0 Å². The predicted octanol–water partition coefficient (Wildman–Crippen LogP) is 1.24. The van der Waals surface area contributed by atoms with Crippen LogP contribution in [0.5, 0.6) is 0 Å². The van der Waals surface area contributed by atoms with Gasteiger partial charge in [0.25, 0.3) is 0 Å². The van der Waals surface area contributed by atoms with Gasteiger partial charge in [0, 0.05) is 31.9 Å². The monoisotopic (exact) mass is 290 g/mol. The molecule has 114 valence electrons. The van der Waals surface area contributed by atoms with Gasteiger partial charge in [-0.15, -0.1) is 0 Å². The van der Waals surface area contributed by atoms with E-state index < -0.39 is 0 Å². The molecule has 1 aliphatic carbocycles. The summed E-state index contributed by atoms with van der Waals surface area (Å²) in [6.45, 7) is 3.40. The van der Waals surface area contributed by atoms with Gasteiger partial charge in [-0.3, -0.25) is 9.59 Å². The average molecular weight is 290 g/mol. The van der Waals surface area contributed by atoms with Crippen molar-refractivity contribution in [3.8, 4) is 0 Å². The maximum atomic E-state index is 12.4. The van der Waals surface area contributed by atoms with E-state index in [9.17, 15) is 9.59 Å². The Labute approximate surface area is 124 Å². The Morgan fingerprint density at radius 1 is 1.57 bits per heavy atom. The number of carbonyl (C=O) groups is 2. The van der Waals surface area contributed by atoms with Crippen LogP contribution in [-0.2, 0) is 9.59 Å². The molecule has 6 nitrogen and oxygen atoms in total. The van der Waals surface area contributed by atoms with Gasteiger partial charge < -0.3 is 15.2 Å². The van der Waals surface area contributed by atoms with Crippen LogP contribution in [0.2, 0.25) is 0 Å². The number of H-pyrrole nitrogens is 1. The smallest absolute Gasteiger partial charge is 0.226 e. The molecule has 2 unspecified atom stereocenters. The number of hydrogen-bond donors (Lipinski definition) is 2. The van der Waals surface area contributed by atoms with Gasteiger partial charge in [0.1, 0.15) is 5.82 Å². The van der Waals surface area contributed by atoms with E-state index in [0.29, 0.717) is 18.9 Å². The molecule has 1 aromatic heterocycles. The molecular weight excluding hydrogens is 268 g/mol. The van der Waals surface area contributed by atoms with E-state index >= 15 is 0 Å². The van der Waals surface area contributed by atoms with E-state index in [2.05, 4.69) is 15.3 Å². The molecule has 0 radical (unpaired) electrons. The lowest BCUT2D eigenvalue weighted by Gasteiger charge is -2.18. The summed E-state index contributed by atoms with van der Waals surface area (Å²) >= 11 is 0. The number of rotatable bonds is 6. The van der Waals surface area contributed by atoms with Gasteiger partial charge in [0.15, 0.2) is 0 Å². The number of hydrogen-bond acceptors (Lipinski definition) is 3. The second kappa shape index (κ2) is 5.87. The van der Waals surface area contributed by atoms with Crippen LogP contribution in [0, 0.1) is 11.8 Å². The van der Waals surface area contributed by atoms with Crippen LogP contribution in [0.15, 0.2) is 12.4 Å². The summed E-state index contributed by atoms with van der Waals surface area (Å²) in [5, 5.41) is 3.01. The van der Waals surface area contributed by atoms with E-state index in [1.807, 2.05) is 11.8 Å². The number of aromatic amines is 1. The third kappa shape index (κ3) is 3.25. The Kier molecular flexibility index (Phi) is 3.94. The maximum Gasteiger partial charge on any atom is 0.226 e. The molecule has 2 amide bonds. The molecule has 0 aromatic carbocycles. The summed E-state index contributed by atoms with van der Waals surface area (Å²) in [7, 11) is 0. The molecule has 2 N–H and O–H groups in total. The molecule has 2 fully saturated rings. The van der Waals surface area contributed by atoms with Crippen LogP contribution < -0.4 is 5.32 Å². The fraction of sp³-hybridized carbons (Fsp3) is 0.667. The van der Waals surface area contributed by atoms with Crippen molar-refractivity contribution in [2.24, 2.45) is 11.8 Å². The molecule has 3 rings (SSSR count). The minimum Gasteiger partial charge on any atom is -0.347 e. The number of likely N-dealkylation sites (tertiary alicyclic amines) is 1. The van der Waals surface area contributed by atoms with Crippen molar-refractivity contribution in [2.45, 2.75) is 38.6 Å². The number of nitrogens with zero attached hydrogens (tertiary/aromatic N) is 2. The van der Waals surface area contributed by atoms with Crippen molar-refractivity contribution < 1.29 is 9.59 Å². The van der Waals surface area contributed by atoms with Crippen molar-refractivity contribution >= 4 is 11.8 Å². The molecule has 2 heterocycles. The fourth-order valence-corrected chi connectivity index (χ4v) is 2.86. The standard InChI is InChI=1S/C15H22N4O2/c1-2-12(14-16-5-6-17-14)18-15(21)11-7-13(20)19(9-11)8-10-3-4-10/h5-6,10-12H,2-4,7-9H2,1H3,(H,16,17)(H,18,21). The highest BCUT2D eigenvalue weighted by Crippen LogP contribution is 2.32. The van der Waals surface area contributed by atoms with Crippen LogP contribution in [0.4, 0.5) is 0 Å². The van der Waals surface area contributed by atoms with Crippen LogP contribution in [0.1, 0.15) is 44.5 Å². The summed E-state index contributed by atoms with van der Waals surface area (Å²) in [4.78, 5) is 33.4. The molecular formula is C15H22N4O2. The number of aromatic nitrogens is 2. The average Bonchev–Trinajstić information content (AvgIpc) is 2.98. The molecule has 0 spiro atoms. The van der Waals surface area contributed by atoms with Gasteiger partial charge in [0.2, 0.25) is 11.8 Å². The predicted molar refractivity (Wildman–Crippen MR) is 77.2 cm³/mol. The Morgan fingerprint density at radius 2 is 2.38 bits per heavy atom. The number of carbonyl (C=O) groups excluding carboxylic acids is 2. The summed E-state index contributed by atoms with van der Waals surface area (Å²) < 4.78 is 0. The molecule has 21 heavy (non-hydrogen) atoms. The van der Waals surface area contributed by atoms with Crippen molar-refractivity contribution in [1.29, 1.82) is 0 Å². The number of amides is 2. The Bertz CT molecular complexity index is 510. The second-order valence-corrected chi connectivity index (χ2v) is 6.09. The first-order valence-corrected chi connectivity index (χ1v) is 7.74. The van der Waals surface area contributed by atoms with E-state index in [-0.39, 0.29) is 23.8 Å². The van der Waals surface area contributed by atoms with E-state index in [0.717, 1.165) is 18.8 Å². The highest BCUT2D eigenvalue weighted by atomic mass is 16.2. The molecule has 6 heteroatoms. The van der Waals surface area contributed by atoms with E-state index in [4.69, 9.17) is 0 Å². The van der Waals surface area contributed by atoms with Crippen molar-refractivity contribution in [1.82, 2.24) is 20.2 Å². The van der Waals surface area contributed by atoms with E-state index in [1.165, 1.54) is 12.8 Å². The van der Waals surface area contributed by atoms with Gasteiger partial charge in [-0.1, -0.05) is 6.92 Å². The summed E-state index contributed by atoms with van der Waals surface area (Å²) in [6.07, 6.45) is 6.98. The lowest BCUT2D eigenvalue weighted by atomic mass is 10.1. The normalized spacial score (nSPS) is 23.4. The highest BCUT2D eigenvalue weighted by Gasteiger charge is 2.37. The highest BCUT2D eigenvalue weighted by molar-refractivity contribution is 5.89. The molecule has 1 aliphatic heterocycles. The lowest BCUT2D eigenvalue weighted by Crippen LogP contribution is -2.36. The fourth-order valence-electron chi connectivity index (χ4n) is 2.86. The molecule has 1 saturated heterocycles. The van der Waals surface area contributed by atoms with Crippen molar-refractivity contribution in [2.75, 3.05) is 13.1 Å².